The lowest BCUT2D eigenvalue weighted by atomic mass is 10.0. The van der Waals surface area contributed by atoms with E-state index in [1.54, 1.807) is 0 Å². The number of rotatable bonds is 1. The Bertz CT molecular complexity index is 690. The fourth-order valence-electron chi connectivity index (χ4n) is 2.46. The highest BCUT2D eigenvalue weighted by Crippen LogP contribution is 2.30. The second-order valence-corrected chi connectivity index (χ2v) is 4.62. The van der Waals surface area contributed by atoms with Crippen LogP contribution in [-0.4, -0.2) is 28.7 Å². The molecule has 3 N–H and O–H groups in total. The quantitative estimate of drug-likeness (QED) is 0.551. The first kappa shape index (κ1) is 9.55. The van der Waals surface area contributed by atoms with Crippen molar-refractivity contribution >= 4 is 23.4 Å². The van der Waals surface area contributed by atoms with Crippen LogP contribution in [0.15, 0.2) is 18.2 Å². The van der Waals surface area contributed by atoms with Crippen LogP contribution in [0.5, 0.6) is 0 Å². The van der Waals surface area contributed by atoms with E-state index in [1.165, 1.54) is 11.0 Å². The molecule has 0 aromatic heterocycles. The van der Waals surface area contributed by atoms with E-state index in [4.69, 9.17) is 8.48 Å². The third kappa shape index (κ3) is 1.76. The number of nitrogens with two attached hydrogens (primary N) is 1. The van der Waals surface area contributed by atoms with Crippen LogP contribution in [0.3, 0.4) is 0 Å². The first-order valence-electron chi connectivity index (χ1n) is 6.93. The number of nitrogen functional groups attached to an aromatic ring is 1. The van der Waals surface area contributed by atoms with Crippen molar-refractivity contribution in [3.63, 3.8) is 0 Å². The van der Waals surface area contributed by atoms with E-state index in [1.807, 2.05) is 0 Å². The lowest BCUT2D eigenvalue weighted by Gasteiger charge is -2.29. The van der Waals surface area contributed by atoms with Gasteiger partial charge in [0.05, 0.1) is 2.74 Å². The molecule has 2 aliphatic heterocycles. The molecular weight excluding hydrogens is 246 g/mol. The number of carbonyl (C=O) groups excluding carboxylic acids is 3. The van der Waals surface area contributed by atoms with Crippen molar-refractivity contribution in [1.82, 2.24) is 10.2 Å². The lowest BCUT2D eigenvalue weighted by molar-refractivity contribution is -0.136. The third-order valence-electron chi connectivity index (χ3n) is 3.46. The lowest BCUT2D eigenvalue weighted by Crippen LogP contribution is -2.52. The van der Waals surface area contributed by atoms with E-state index >= 15 is 0 Å². The molecule has 0 saturated carbocycles. The Morgan fingerprint density at radius 3 is 2.95 bits per heavy atom. The molecule has 0 radical (unpaired) electrons. The monoisotopic (exact) mass is 261 g/mol. The maximum atomic E-state index is 12.5. The van der Waals surface area contributed by atoms with Gasteiger partial charge >= 0.3 is 0 Å². The predicted molar refractivity (Wildman–Crippen MR) is 66.9 cm³/mol. The fourth-order valence-corrected chi connectivity index (χ4v) is 2.46. The largest absolute Gasteiger partial charge is 0.398 e. The van der Waals surface area contributed by atoms with E-state index in [0.29, 0.717) is 5.56 Å². The van der Waals surface area contributed by atoms with E-state index in [9.17, 15) is 14.4 Å². The van der Waals surface area contributed by atoms with Gasteiger partial charge in [0, 0.05) is 29.8 Å². The number of carbonyl (C=O) groups is 3. The number of imide groups is 1. The highest BCUT2D eigenvalue weighted by Gasteiger charge is 2.39. The normalized spacial score (nSPS) is 23.9. The summed E-state index contributed by atoms with van der Waals surface area (Å²) in [5.74, 6) is -1.34. The molecule has 19 heavy (non-hydrogen) atoms. The molecule has 0 aliphatic carbocycles. The number of nitrogens with zero attached hydrogens (tertiary/aromatic N) is 1. The van der Waals surface area contributed by atoms with Gasteiger partial charge in [-0.1, -0.05) is 6.04 Å². The minimum absolute atomic E-state index is 0.0877. The number of nitrogens with one attached hydrogen (secondary N) is 1. The molecule has 1 fully saturated rings. The van der Waals surface area contributed by atoms with Crippen LogP contribution < -0.4 is 11.1 Å². The molecule has 3 rings (SSSR count). The molecule has 0 spiro atoms. The number of hydrogen-bond donors (Lipinski definition) is 2. The maximum absolute atomic E-state index is 12.5. The smallest absolute Gasteiger partial charge is 0.255 e. The van der Waals surface area contributed by atoms with Gasteiger partial charge in [-0.05, 0) is 18.5 Å². The van der Waals surface area contributed by atoms with E-state index in [0.717, 1.165) is 0 Å². The Balaban J connectivity index is 1.98. The minimum atomic E-state index is -0.740. The number of fused-ring (bicyclic) bond motifs is 1. The SMILES string of the molecule is [2H]c1cc(N)c2c(c1[2H])C(=O)N(C1CCC(=O)NC1=O)C2. The van der Waals surface area contributed by atoms with Gasteiger partial charge in [-0.25, -0.2) is 0 Å². The second kappa shape index (κ2) is 4.08. The summed E-state index contributed by atoms with van der Waals surface area (Å²) in [5, 5.41) is 2.21. The Labute approximate surface area is 112 Å². The molecule has 1 atom stereocenters. The van der Waals surface area contributed by atoms with Crippen LogP contribution >= 0.6 is 0 Å². The van der Waals surface area contributed by atoms with Crippen molar-refractivity contribution in [2.45, 2.75) is 25.4 Å². The predicted octanol–water partition coefficient (Wildman–Crippen LogP) is 0.0298. The van der Waals surface area contributed by atoms with Crippen molar-refractivity contribution in [2.75, 3.05) is 5.73 Å². The van der Waals surface area contributed by atoms with E-state index < -0.39 is 17.9 Å². The van der Waals surface area contributed by atoms with Gasteiger partial charge in [0.25, 0.3) is 5.91 Å². The Morgan fingerprint density at radius 1 is 1.42 bits per heavy atom. The summed E-state index contributed by atoms with van der Waals surface area (Å²) in [6.07, 6.45) is 0.425. The zero-order valence-corrected chi connectivity index (χ0v) is 10.0. The van der Waals surface area contributed by atoms with Crippen molar-refractivity contribution in [2.24, 2.45) is 0 Å². The van der Waals surface area contributed by atoms with Gasteiger partial charge in [0.1, 0.15) is 6.04 Å². The molecule has 6 nitrogen and oxygen atoms in total. The van der Waals surface area contributed by atoms with Crippen molar-refractivity contribution < 1.29 is 17.1 Å². The van der Waals surface area contributed by atoms with Crippen molar-refractivity contribution in [1.29, 1.82) is 0 Å². The number of benzene rings is 1. The van der Waals surface area contributed by atoms with Gasteiger partial charge in [-0.15, -0.1) is 0 Å². The molecule has 2 aliphatic rings. The van der Waals surface area contributed by atoms with Gasteiger partial charge < -0.3 is 10.6 Å². The summed E-state index contributed by atoms with van der Waals surface area (Å²) in [6.45, 7) is 0.123. The fraction of sp³-hybridized carbons (Fsp3) is 0.308. The Kier molecular flexibility index (Phi) is 2.05. The van der Waals surface area contributed by atoms with Crippen LogP contribution in [0.4, 0.5) is 5.69 Å². The van der Waals surface area contributed by atoms with Crippen LogP contribution in [-0.2, 0) is 16.1 Å². The van der Waals surface area contributed by atoms with Gasteiger partial charge in [-0.3, -0.25) is 19.7 Å². The zero-order valence-electron chi connectivity index (χ0n) is 12.0. The summed E-state index contributed by atoms with van der Waals surface area (Å²) in [7, 11) is 0. The van der Waals surface area contributed by atoms with Gasteiger partial charge in [0.15, 0.2) is 0 Å². The van der Waals surface area contributed by atoms with E-state index in [-0.39, 0.29) is 48.6 Å². The summed E-state index contributed by atoms with van der Waals surface area (Å²) >= 11 is 0. The van der Waals surface area contributed by atoms with Crippen molar-refractivity contribution in [3.8, 4) is 0 Å². The van der Waals surface area contributed by atoms with Crippen LogP contribution in [0, 0.1) is 0 Å². The highest BCUT2D eigenvalue weighted by molar-refractivity contribution is 6.06. The molecule has 2 heterocycles. The summed E-state index contributed by atoms with van der Waals surface area (Å²) in [4.78, 5) is 36.8. The molecule has 3 amide bonds. The van der Waals surface area contributed by atoms with Crippen LogP contribution in [0.2, 0.25) is 0 Å². The Morgan fingerprint density at radius 2 is 2.21 bits per heavy atom. The minimum Gasteiger partial charge on any atom is -0.398 e. The molecule has 1 aromatic carbocycles. The van der Waals surface area contributed by atoms with Crippen LogP contribution in [0.25, 0.3) is 0 Å². The molecule has 0 bridgehead atoms. The number of anilines is 1. The summed E-state index contributed by atoms with van der Waals surface area (Å²) < 4.78 is 15.5. The zero-order chi connectivity index (χ0) is 15.3. The number of piperidine rings is 1. The summed E-state index contributed by atoms with van der Waals surface area (Å²) in [5.41, 5.74) is 6.65. The number of hydrogen-bond acceptors (Lipinski definition) is 4. The van der Waals surface area contributed by atoms with Gasteiger partial charge in [-0.2, -0.15) is 0 Å². The number of amides is 3. The standard InChI is InChI=1S/C13H13N3O3/c14-9-3-1-2-7-8(9)6-16(13(7)19)10-4-5-11(17)15-12(10)18/h1-3,10H,4-6,14H2,(H,15,17,18)/i1D,2D. The average Bonchev–Trinajstić information content (AvgIpc) is 2.75. The molecule has 1 aromatic rings. The first-order chi connectivity index (χ1) is 9.90. The second-order valence-electron chi connectivity index (χ2n) is 4.62. The van der Waals surface area contributed by atoms with Crippen LogP contribution in [0.1, 0.15) is 31.5 Å². The highest BCUT2D eigenvalue weighted by atomic mass is 16.2. The molecule has 1 unspecified atom stereocenters. The molecular formula is C13H13N3O3. The molecule has 6 heteroatoms. The Hall–Kier alpha value is -2.37. The third-order valence-corrected chi connectivity index (χ3v) is 3.46. The average molecular weight is 261 g/mol. The van der Waals surface area contributed by atoms with E-state index in [2.05, 4.69) is 5.32 Å². The van der Waals surface area contributed by atoms with Gasteiger partial charge in [0.2, 0.25) is 11.8 Å². The summed E-state index contributed by atoms with van der Waals surface area (Å²) in [6, 6.07) is 0.293. The maximum Gasteiger partial charge on any atom is 0.255 e. The van der Waals surface area contributed by atoms with Crippen molar-refractivity contribution in [3.05, 3.63) is 29.3 Å². The molecule has 98 valence electrons. The first-order valence-corrected chi connectivity index (χ1v) is 5.93. The molecule has 1 saturated heterocycles. The topological polar surface area (TPSA) is 92.5 Å².